The van der Waals surface area contributed by atoms with Crippen molar-refractivity contribution in [1.29, 1.82) is 0 Å². The van der Waals surface area contributed by atoms with Gasteiger partial charge in [-0.15, -0.1) is 0 Å². The molecule has 3 atom stereocenters. The van der Waals surface area contributed by atoms with Gasteiger partial charge in [0.1, 0.15) is 0 Å². The highest BCUT2D eigenvalue weighted by atomic mass is 79.9. The summed E-state index contributed by atoms with van der Waals surface area (Å²) in [7, 11) is 0. The monoisotopic (exact) mass is 545 g/mol. The Balaban J connectivity index is 1.23. The molecule has 1 aliphatic carbocycles. The number of hydrogen-bond donors (Lipinski definition) is 0. The minimum absolute atomic E-state index is 0.174. The lowest BCUT2D eigenvalue weighted by Gasteiger charge is -2.28. The van der Waals surface area contributed by atoms with Gasteiger partial charge in [-0.25, -0.2) is 4.79 Å². The maximum Gasteiger partial charge on any atom is 0.338 e. The lowest BCUT2D eigenvalue weighted by molar-refractivity contribution is -0.122. The minimum Gasteiger partial charge on any atom is -0.454 e. The molecule has 5 rings (SSSR count). The molecule has 0 N–H and O–H groups in total. The lowest BCUT2D eigenvalue weighted by atomic mass is 9.73. The molecule has 1 aliphatic heterocycles. The SMILES string of the molecule is O=C(COC(=O)c1ccc(N2C(=O)C3CCC(c4ccccc4)CC3C2=O)cc1)c1ccc(Br)cc1. The Morgan fingerprint density at radius 3 is 2.14 bits per heavy atom. The Hall–Kier alpha value is -3.58. The topological polar surface area (TPSA) is 80.8 Å². The molecule has 3 unspecified atom stereocenters. The van der Waals surface area contributed by atoms with Crippen LogP contribution in [-0.2, 0) is 14.3 Å². The van der Waals surface area contributed by atoms with Gasteiger partial charge in [-0.1, -0.05) is 58.4 Å². The Bertz CT molecular complexity index is 1300. The molecule has 1 saturated carbocycles. The Kier molecular flexibility index (Phi) is 6.83. The van der Waals surface area contributed by atoms with Gasteiger partial charge in [-0.2, -0.15) is 0 Å². The zero-order valence-electron chi connectivity index (χ0n) is 19.4. The van der Waals surface area contributed by atoms with Crippen molar-refractivity contribution in [3.63, 3.8) is 0 Å². The molecule has 2 fully saturated rings. The summed E-state index contributed by atoms with van der Waals surface area (Å²) < 4.78 is 6.01. The molecule has 2 aliphatic rings. The third-order valence-corrected chi connectivity index (χ3v) is 7.59. The molecule has 7 heteroatoms. The molecule has 1 heterocycles. The molecule has 1 saturated heterocycles. The van der Waals surface area contributed by atoms with E-state index < -0.39 is 5.97 Å². The van der Waals surface area contributed by atoms with Crippen molar-refractivity contribution in [1.82, 2.24) is 0 Å². The van der Waals surface area contributed by atoms with Gasteiger partial charge in [0.05, 0.1) is 23.1 Å². The van der Waals surface area contributed by atoms with E-state index in [-0.39, 0.29) is 47.5 Å². The molecule has 2 amide bonds. The van der Waals surface area contributed by atoms with E-state index in [1.54, 1.807) is 36.4 Å². The Morgan fingerprint density at radius 1 is 0.806 bits per heavy atom. The zero-order chi connectivity index (χ0) is 25.2. The molecular weight excluding hydrogens is 522 g/mol. The first-order valence-electron chi connectivity index (χ1n) is 11.9. The van der Waals surface area contributed by atoms with Crippen LogP contribution in [-0.4, -0.2) is 30.2 Å². The highest BCUT2D eigenvalue weighted by molar-refractivity contribution is 9.10. The number of rotatable bonds is 6. The van der Waals surface area contributed by atoms with Crippen molar-refractivity contribution >= 4 is 45.2 Å². The number of ether oxygens (including phenoxy) is 1. The molecule has 3 aromatic rings. The second-order valence-electron chi connectivity index (χ2n) is 9.20. The van der Waals surface area contributed by atoms with E-state index in [1.165, 1.54) is 22.6 Å². The second-order valence-corrected chi connectivity index (χ2v) is 10.1. The van der Waals surface area contributed by atoms with E-state index in [1.807, 2.05) is 18.2 Å². The molecule has 0 aromatic heterocycles. The van der Waals surface area contributed by atoms with E-state index in [4.69, 9.17) is 4.74 Å². The van der Waals surface area contributed by atoms with Crippen LogP contribution in [0.3, 0.4) is 0 Å². The molecule has 0 spiro atoms. The third-order valence-electron chi connectivity index (χ3n) is 7.06. The number of esters is 1. The number of hydrogen-bond acceptors (Lipinski definition) is 5. The standard InChI is InChI=1S/C29H24BrNO5/c30-22-11-6-19(7-12-22)26(32)17-36-29(35)20-8-13-23(14-9-20)31-27(33)24-15-10-21(16-25(24)28(31)34)18-4-2-1-3-5-18/h1-9,11-14,21,24-25H,10,15-17H2. The number of imide groups is 1. The molecule has 36 heavy (non-hydrogen) atoms. The molecule has 0 bridgehead atoms. The number of ketones is 1. The summed E-state index contributed by atoms with van der Waals surface area (Å²) in [6.07, 6.45) is 2.22. The van der Waals surface area contributed by atoms with Gasteiger partial charge in [-0.3, -0.25) is 19.3 Å². The van der Waals surface area contributed by atoms with Gasteiger partial charge in [-0.05, 0) is 67.1 Å². The van der Waals surface area contributed by atoms with E-state index in [0.29, 0.717) is 24.1 Å². The largest absolute Gasteiger partial charge is 0.454 e. The summed E-state index contributed by atoms with van der Waals surface area (Å²) in [4.78, 5) is 52.3. The fraction of sp³-hybridized carbons (Fsp3) is 0.241. The van der Waals surface area contributed by atoms with Gasteiger partial charge in [0.2, 0.25) is 11.8 Å². The smallest absolute Gasteiger partial charge is 0.338 e. The van der Waals surface area contributed by atoms with Crippen molar-refractivity contribution < 1.29 is 23.9 Å². The van der Waals surface area contributed by atoms with E-state index in [0.717, 1.165) is 10.9 Å². The summed E-state index contributed by atoms with van der Waals surface area (Å²) in [5.74, 6) is -1.67. The average molecular weight is 546 g/mol. The van der Waals surface area contributed by atoms with Crippen LogP contribution in [0.2, 0.25) is 0 Å². The third kappa shape index (κ3) is 4.75. The first kappa shape index (κ1) is 24.1. The highest BCUT2D eigenvalue weighted by Crippen LogP contribution is 2.45. The van der Waals surface area contributed by atoms with Crippen molar-refractivity contribution in [2.24, 2.45) is 11.8 Å². The quantitative estimate of drug-likeness (QED) is 0.230. The highest BCUT2D eigenvalue weighted by Gasteiger charge is 2.50. The predicted octanol–water partition coefficient (Wildman–Crippen LogP) is 5.56. The number of nitrogens with zero attached hydrogens (tertiary/aromatic N) is 1. The molecular formula is C29H24BrNO5. The van der Waals surface area contributed by atoms with Crippen LogP contribution in [0.5, 0.6) is 0 Å². The number of halogens is 1. The molecule has 6 nitrogen and oxygen atoms in total. The maximum absolute atomic E-state index is 13.3. The normalized spacial score (nSPS) is 21.2. The molecule has 0 radical (unpaired) electrons. The van der Waals surface area contributed by atoms with Crippen molar-refractivity contribution in [3.8, 4) is 0 Å². The van der Waals surface area contributed by atoms with Crippen LogP contribution in [0.4, 0.5) is 5.69 Å². The Morgan fingerprint density at radius 2 is 1.44 bits per heavy atom. The number of amides is 2. The summed E-state index contributed by atoms with van der Waals surface area (Å²) in [5, 5.41) is 0. The van der Waals surface area contributed by atoms with Crippen molar-refractivity contribution in [2.45, 2.75) is 25.2 Å². The minimum atomic E-state index is -0.648. The second kappa shape index (κ2) is 10.2. The number of carbonyl (C=O) groups is 4. The number of carbonyl (C=O) groups excluding carboxylic acids is 4. The number of Topliss-reactive ketones (excluding diaryl/α,β-unsaturated/α-hetero) is 1. The van der Waals surface area contributed by atoms with Gasteiger partial charge < -0.3 is 4.74 Å². The van der Waals surface area contributed by atoms with Crippen LogP contribution in [0.25, 0.3) is 0 Å². The summed E-state index contributed by atoms with van der Waals surface area (Å²) in [6.45, 7) is -0.378. The first-order valence-corrected chi connectivity index (χ1v) is 12.7. The van der Waals surface area contributed by atoms with Gasteiger partial charge >= 0.3 is 5.97 Å². The fourth-order valence-corrected chi connectivity index (χ4v) is 5.41. The predicted molar refractivity (Wildman–Crippen MR) is 138 cm³/mol. The van der Waals surface area contributed by atoms with Crippen LogP contribution in [0.1, 0.15) is 51.5 Å². The lowest BCUT2D eigenvalue weighted by Crippen LogP contribution is -2.30. The van der Waals surface area contributed by atoms with Crippen molar-refractivity contribution in [2.75, 3.05) is 11.5 Å². The molecule has 3 aromatic carbocycles. The van der Waals surface area contributed by atoms with Crippen molar-refractivity contribution in [3.05, 3.63) is 100 Å². The summed E-state index contributed by atoms with van der Waals surface area (Å²) >= 11 is 3.31. The zero-order valence-corrected chi connectivity index (χ0v) is 21.0. The van der Waals surface area contributed by atoms with E-state index in [9.17, 15) is 19.2 Å². The van der Waals surface area contributed by atoms with Gasteiger partial charge in [0.25, 0.3) is 0 Å². The van der Waals surface area contributed by atoms with Gasteiger partial charge in [0.15, 0.2) is 12.4 Å². The van der Waals surface area contributed by atoms with Crippen LogP contribution in [0, 0.1) is 11.8 Å². The van der Waals surface area contributed by atoms with Crippen LogP contribution >= 0.6 is 15.9 Å². The number of anilines is 1. The number of fused-ring (bicyclic) bond motifs is 1. The number of benzene rings is 3. The Labute approximate surface area is 217 Å². The fourth-order valence-electron chi connectivity index (χ4n) is 5.14. The van der Waals surface area contributed by atoms with E-state index in [2.05, 4.69) is 28.1 Å². The van der Waals surface area contributed by atoms with Crippen LogP contribution in [0.15, 0.2) is 83.3 Å². The first-order chi connectivity index (χ1) is 17.4. The maximum atomic E-state index is 13.3. The van der Waals surface area contributed by atoms with E-state index >= 15 is 0 Å². The average Bonchev–Trinajstić information content (AvgIpc) is 3.17. The van der Waals surface area contributed by atoms with Gasteiger partial charge in [0, 0.05) is 10.0 Å². The van der Waals surface area contributed by atoms with Crippen LogP contribution < -0.4 is 4.90 Å². The summed E-state index contributed by atoms with van der Waals surface area (Å²) in [5.41, 5.74) is 2.33. The summed E-state index contributed by atoms with van der Waals surface area (Å²) in [6, 6.07) is 23.1. The molecule has 182 valence electrons.